The van der Waals surface area contributed by atoms with Crippen LogP contribution in [0.1, 0.15) is 0 Å². The highest BCUT2D eigenvalue weighted by Gasteiger charge is 2.11. The number of hydrogen-bond donors (Lipinski definition) is 0. The van der Waals surface area contributed by atoms with Gasteiger partial charge in [-0.05, 0) is 0 Å². The summed E-state index contributed by atoms with van der Waals surface area (Å²) >= 11 is 5.48. The molecular formula is C5H9ClO2. The normalized spacial score (nSPS) is 30.4. The highest BCUT2D eigenvalue weighted by Crippen LogP contribution is 2.01. The van der Waals surface area contributed by atoms with E-state index >= 15 is 0 Å². The lowest BCUT2D eigenvalue weighted by atomic mass is 10.4. The van der Waals surface area contributed by atoms with Crippen LogP contribution in [0.25, 0.3) is 0 Å². The molecule has 0 saturated carbocycles. The van der Waals surface area contributed by atoms with Crippen molar-refractivity contribution in [2.45, 2.75) is 6.10 Å². The third-order valence-electron chi connectivity index (χ3n) is 1.06. The van der Waals surface area contributed by atoms with Gasteiger partial charge in [0.05, 0.1) is 31.8 Å². The average Bonchev–Trinajstić information content (AvgIpc) is 1.90. The standard InChI is InChI=1S/C5H9ClO2/c6-3-5-4-7-1-2-8-5/h5H,1-4H2. The summed E-state index contributed by atoms with van der Waals surface area (Å²) in [4.78, 5) is 0. The molecule has 0 aromatic carbocycles. The summed E-state index contributed by atoms with van der Waals surface area (Å²) in [5.41, 5.74) is 0. The van der Waals surface area contributed by atoms with E-state index in [0.717, 1.165) is 0 Å². The van der Waals surface area contributed by atoms with E-state index in [1.54, 1.807) is 0 Å². The monoisotopic (exact) mass is 136 g/mol. The van der Waals surface area contributed by atoms with Crippen molar-refractivity contribution in [1.82, 2.24) is 0 Å². The fourth-order valence-corrected chi connectivity index (χ4v) is 0.804. The van der Waals surface area contributed by atoms with Gasteiger partial charge in [0.15, 0.2) is 0 Å². The lowest BCUT2D eigenvalue weighted by Gasteiger charge is -2.20. The highest BCUT2D eigenvalue weighted by molar-refractivity contribution is 6.18. The molecular weight excluding hydrogens is 128 g/mol. The second kappa shape index (κ2) is 3.28. The Hall–Kier alpha value is 0.210. The summed E-state index contributed by atoms with van der Waals surface area (Å²) in [6.07, 6.45) is 0.130. The van der Waals surface area contributed by atoms with Crippen molar-refractivity contribution in [3.63, 3.8) is 0 Å². The van der Waals surface area contributed by atoms with Crippen LogP contribution in [-0.2, 0) is 9.47 Å². The third kappa shape index (κ3) is 1.62. The second-order valence-corrected chi connectivity index (χ2v) is 2.03. The lowest BCUT2D eigenvalue weighted by Crippen LogP contribution is -2.29. The zero-order valence-corrected chi connectivity index (χ0v) is 5.36. The van der Waals surface area contributed by atoms with Crippen molar-refractivity contribution in [3.8, 4) is 0 Å². The van der Waals surface area contributed by atoms with E-state index in [0.29, 0.717) is 25.7 Å². The Morgan fingerprint density at radius 2 is 2.38 bits per heavy atom. The molecule has 0 radical (unpaired) electrons. The van der Waals surface area contributed by atoms with Gasteiger partial charge >= 0.3 is 0 Å². The van der Waals surface area contributed by atoms with Gasteiger partial charge in [-0.3, -0.25) is 0 Å². The maximum Gasteiger partial charge on any atom is 0.0944 e. The van der Waals surface area contributed by atoms with E-state index in [2.05, 4.69) is 0 Å². The average molecular weight is 137 g/mol. The van der Waals surface area contributed by atoms with Gasteiger partial charge in [-0.15, -0.1) is 11.6 Å². The van der Waals surface area contributed by atoms with E-state index in [1.807, 2.05) is 0 Å². The van der Waals surface area contributed by atoms with Gasteiger partial charge in [-0.25, -0.2) is 0 Å². The van der Waals surface area contributed by atoms with Gasteiger partial charge in [0.1, 0.15) is 0 Å². The van der Waals surface area contributed by atoms with Gasteiger partial charge in [0.2, 0.25) is 0 Å². The van der Waals surface area contributed by atoms with Crippen molar-refractivity contribution in [3.05, 3.63) is 0 Å². The van der Waals surface area contributed by atoms with Crippen molar-refractivity contribution < 1.29 is 9.47 Å². The molecule has 2 nitrogen and oxygen atoms in total. The third-order valence-corrected chi connectivity index (χ3v) is 1.40. The van der Waals surface area contributed by atoms with Gasteiger partial charge in [-0.2, -0.15) is 0 Å². The Morgan fingerprint density at radius 3 is 2.75 bits per heavy atom. The molecule has 1 atom stereocenters. The Kier molecular flexibility index (Phi) is 2.59. The molecule has 1 heterocycles. The molecule has 0 N–H and O–H groups in total. The topological polar surface area (TPSA) is 18.5 Å². The molecule has 1 unspecified atom stereocenters. The van der Waals surface area contributed by atoms with Crippen molar-refractivity contribution in [2.75, 3.05) is 25.7 Å². The van der Waals surface area contributed by atoms with Crippen LogP contribution < -0.4 is 0 Å². The summed E-state index contributed by atoms with van der Waals surface area (Å²) in [5.74, 6) is 0.542. The molecule has 8 heavy (non-hydrogen) atoms. The minimum absolute atomic E-state index is 0.130. The van der Waals surface area contributed by atoms with Crippen LogP contribution in [0.3, 0.4) is 0 Å². The van der Waals surface area contributed by atoms with Gasteiger partial charge in [0, 0.05) is 0 Å². The van der Waals surface area contributed by atoms with E-state index in [4.69, 9.17) is 21.1 Å². The molecule has 0 aliphatic carbocycles. The summed E-state index contributed by atoms with van der Waals surface area (Å²) in [7, 11) is 0. The number of ether oxygens (including phenoxy) is 2. The quantitative estimate of drug-likeness (QED) is 0.493. The zero-order chi connectivity index (χ0) is 5.82. The van der Waals surface area contributed by atoms with Gasteiger partial charge in [0.25, 0.3) is 0 Å². The Labute approximate surface area is 53.7 Å². The maximum atomic E-state index is 5.48. The second-order valence-electron chi connectivity index (χ2n) is 1.72. The first-order chi connectivity index (χ1) is 3.93. The first kappa shape index (κ1) is 6.33. The van der Waals surface area contributed by atoms with Crippen LogP contribution in [0, 0.1) is 0 Å². The predicted molar refractivity (Wildman–Crippen MR) is 31.3 cm³/mol. The Bertz CT molecular complexity index is 61.4. The van der Waals surface area contributed by atoms with Crippen LogP contribution in [0.2, 0.25) is 0 Å². The Morgan fingerprint density at radius 1 is 1.50 bits per heavy atom. The Balaban J connectivity index is 2.13. The smallest absolute Gasteiger partial charge is 0.0944 e. The molecule has 48 valence electrons. The molecule has 0 bridgehead atoms. The SMILES string of the molecule is ClCC1COCCO1. The number of halogens is 1. The molecule has 1 aliphatic heterocycles. The fraction of sp³-hybridized carbons (Fsp3) is 1.00. The van der Waals surface area contributed by atoms with Crippen LogP contribution in [0.15, 0.2) is 0 Å². The largest absolute Gasteiger partial charge is 0.376 e. The molecule has 0 amide bonds. The van der Waals surface area contributed by atoms with Crippen molar-refractivity contribution >= 4 is 11.6 Å². The molecule has 0 aromatic rings. The summed E-state index contributed by atoms with van der Waals surface area (Å²) in [6.45, 7) is 2.06. The molecule has 1 rings (SSSR count). The van der Waals surface area contributed by atoms with Crippen molar-refractivity contribution in [1.29, 1.82) is 0 Å². The maximum absolute atomic E-state index is 5.48. The van der Waals surface area contributed by atoms with E-state index in [-0.39, 0.29) is 6.10 Å². The van der Waals surface area contributed by atoms with Crippen LogP contribution in [0.4, 0.5) is 0 Å². The van der Waals surface area contributed by atoms with Crippen LogP contribution >= 0.6 is 11.6 Å². The minimum atomic E-state index is 0.130. The lowest BCUT2D eigenvalue weighted by molar-refractivity contribution is -0.0782. The molecule has 1 saturated heterocycles. The molecule has 0 aromatic heterocycles. The summed E-state index contributed by atoms with van der Waals surface area (Å²) in [5, 5.41) is 0. The zero-order valence-electron chi connectivity index (χ0n) is 4.60. The van der Waals surface area contributed by atoms with Gasteiger partial charge in [-0.1, -0.05) is 0 Å². The predicted octanol–water partition coefficient (Wildman–Crippen LogP) is 0.641. The first-order valence-electron chi connectivity index (χ1n) is 2.69. The number of rotatable bonds is 1. The van der Waals surface area contributed by atoms with E-state index < -0.39 is 0 Å². The highest BCUT2D eigenvalue weighted by atomic mass is 35.5. The van der Waals surface area contributed by atoms with Gasteiger partial charge < -0.3 is 9.47 Å². The van der Waals surface area contributed by atoms with Crippen LogP contribution in [-0.4, -0.2) is 31.8 Å². The molecule has 1 aliphatic rings. The molecule has 0 spiro atoms. The first-order valence-corrected chi connectivity index (χ1v) is 3.22. The summed E-state index contributed by atoms with van der Waals surface area (Å²) in [6, 6.07) is 0. The van der Waals surface area contributed by atoms with Crippen molar-refractivity contribution in [2.24, 2.45) is 0 Å². The van der Waals surface area contributed by atoms with Crippen LogP contribution in [0.5, 0.6) is 0 Å². The summed E-state index contributed by atoms with van der Waals surface area (Å²) < 4.78 is 10.2. The fourth-order valence-electron chi connectivity index (χ4n) is 0.626. The van der Waals surface area contributed by atoms with E-state index in [9.17, 15) is 0 Å². The minimum Gasteiger partial charge on any atom is -0.376 e. The molecule has 1 fully saturated rings. The van der Waals surface area contributed by atoms with E-state index in [1.165, 1.54) is 0 Å². The number of hydrogen-bond acceptors (Lipinski definition) is 2. The molecule has 3 heteroatoms. The number of alkyl halides is 1.